The van der Waals surface area contributed by atoms with Crippen molar-refractivity contribution in [3.63, 3.8) is 0 Å². The highest BCUT2D eigenvalue weighted by atomic mass is 16.6. The number of nitrogens with zero attached hydrogens (tertiary/aromatic N) is 2. The van der Waals surface area contributed by atoms with Crippen LogP contribution in [0.15, 0.2) is 49.2 Å². The summed E-state index contributed by atoms with van der Waals surface area (Å²) < 4.78 is 23.5. The Morgan fingerprint density at radius 2 is 1.96 bits per heavy atom. The molecule has 12 heteroatoms. The predicted octanol–water partition coefficient (Wildman–Crippen LogP) is 5.42. The second-order valence-electron chi connectivity index (χ2n) is 15.3. The molecular weight excluding hydrogens is 664 g/mol. The van der Waals surface area contributed by atoms with Gasteiger partial charge in [0.2, 0.25) is 17.7 Å². The molecule has 2 fully saturated rings. The first-order chi connectivity index (χ1) is 25.0. The highest BCUT2D eigenvalue weighted by Crippen LogP contribution is 2.37. The number of amides is 3. The minimum atomic E-state index is -1.45. The fourth-order valence-corrected chi connectivity index (χ4v) is 8.10. The molecule has 52 heavy (non-hydrogen) atoms. The summed E-state index contributed by atoms with van der Waals surface area (Å²) >= 11 is 0. The van der Waals surface area contributed by atoms with Gasteiger partial charge in [-0.15, -0.1) is 6.58 Å². The minimum Gasteiger partial charge on any atom is -0.496 e. The molecule has 1 saturated heterocycles. The summed E-state index contributed by atoms with van der Waals surface area (Å²) in [7, 11) is 1.65. The van der Waals surface area contributed by atoms with Gasteiger partial charge >= 0.3 is 12.1 Å². The summed E-state index contributed by atoms with van der Waals surface area (Å²) in [6.45, 7) is 10.0. The molecule has 5 atom stereocenters. The molecule has 3 heterocycles. The number of hydrogen-bond acceptors (Lipinski definition) is 9. The Hall–Kier alpha value is -4.61. The number of nitrogens with one attached hydrogen (secondary N) is 2. The van der Waals surface area contributed by atoms with E-state index in [9.17, 15) is 19.2 Å². The van der Waals surface area contributed by atoms with Crippen LogP contribution in [0.5, 0.6) is 11.6 Å². The Morgan fingerprint density at radius 1 is 1.17 bits per heavy atom. The van der Waals surface area contributed by atoms with Crippen molar-refractivity contribution in [2.75, 3.05) is 26.9 Å². The van der Waals surface area contributed by atoms with Gasteiger partial charge in [0.25, 0.3) is 0 Å². The zero-order valence-electron chi connectivity index (χ0n) is 30.8. The second-order valence-corrected chi connectivity index (χ2v) is 15.3. The highest BCUT2D eigenvalue weighted by Gasteiger charge is 2.52. The van der Waals surface area contributed by atoms with Gasteiger partial charge in [0.1, 0.15) is 23.9 Å². The molecule has 0 radical (unpaired) electrons. The summed E-state index contributed by atoms with van der Waals surface area (Å²) in [5, 5.41) is 7.54. The van der Waals surface area contributed by atoms with Gasteiger partial charge in [-0.05, 0) is 79.5 Å². The summed E-state index contributed by atoms with van der Waals surface area (Å²) in [5.74, 6) is -0.984. The number of ether oxygens (including phenoxy) is 4. The molecule has 2 N–H and O–H groups in total. The van der Waals surface area contributed by atoms with E-state index in [2.05, 4.69) is 36.0 Å². The van der Waals surface area contributed by atoms with Crippen molar-refractivity contribution in [1.82, 2.24) is 20.5 Å². The topological polar surface area (TPSA) is 145 Å². The molecule has 0 spiro atoms. The first kappa shape index (κ1) is 37.2. The SMILES string of the molecule is C=C[C@@H]1C=C[C@]1(NC(=O)[C@@H]1C[C@@H]2CN1C(=O)[C@H](C1CCCCC1)NC(=O)OCC(C)(C)CCCc1cc3c(nccc3cc1OC)O2)C(=O)OCC. The minimum absolute atomic E-state index is 0.0676. The van der Waals surface area contributed by atoms with Crippen LogP contribution in [0.4, 0.5) is 4.79 Å². The number of fused-ring (bicyclic) bond motifs is 3. The van der Waals surface area contributed by atoms with E-state index in [1.54, 1.807) is 38.5 Å². The fraction of sp³-hybridized carbons (Fsp3) is 0.575. The van der Waals surface area contributed by atoms with Crippen LogP contribution in [0.1, 0.15) is 77.7 Å². The lowest BCUT2D eigenvalue weighted by atomic mass is 9.74. The lowest BCUT2D eigenvalue weighted by Gasteiger charge is -2.41. The summed E-state index contributed by atoms with van der Waals surface area (Å²) in [5.41, 5.74) is -0.778. The third-order valence-corrected chi connectivity index (χ3v) is 11.1. The van der Waals surface area contributed by atoms with Crippen molar-refractivity contribution < 1.29 is 38.1 Å². The number of aromatic nitrogens is 1. The molecule has 3 amide bonds. The van der Waals surface area contributed by atoms with Gasteiger partial charge < -0.3 is 34.5 Å². The van der Waals surface area contributed by atoms with Crippen LogP contribution in [0, 0.1) is 17.3 Å². The number of pyridine rings is 1. The van der Waals surface area contributed by atoms with Gasteiger partial charge in [-0.25, -0.2) is 14.6 Å². The van der Waals surface area contributed by atoms with Crippen LogP contribution >= 0.6 is 0 Å². The quantitative estimate of drug-likeness (QED) is 0.284. The second kappa shape index (κ2) is 15.6. The van der Waals surface area contributed by atoms with E-state index in [0.717, 1.165) is 73.5 Å². The van der Waals surface area contributed by atoms with Crippen molar-refractivity contribution in [2.24, 2.45) is 17.3 Å². The molecule has 12 nitrogen and oxygen atoms in total. The normalized spacial score (nSPS) is 28.0. The van der Waals surface area contributed by atoms with Crippen molar-refractivity contribution in [2.45, 2.75) is 102 Å². The number of rotatable bonds is 7. The smallest absolute Gasteiger partial charge is 0.407 e. The number of carbonyl (C=O) groups excluding carboxylic acids is 4. The predicted molar refractivity (Wildman–Crippen MR) is 195 cm³/mol. The van der Waals surface area contributed by atoms with Gasteiger partial charge in [0.05, 0.1) is 26.9 Å². The maximum atomic E-state index is 14.8. The van der Waals surface area contributed by atoms with Crippen molar-refractivity contribution in [3.8, 4) is 11.6 Å². The molecule has 2 aromatic rings. The van der Waals surface area contributed by atoms with Crippen LogP contribution in [-0.4, -0.2) is 84.4 Å². The van der Waals surface area contributed by atoms with E-state index in [1.165, 1.54) is 4.90 Å². The van der Waals surface area contributed by atoms with Crippen LogP contribution in [0.2, 0.25) is 0 Å². The molecule has 4 bridgehead atoms. The number of esters is 1. The molecule has 2 aliphatic heterocycles. The van der Waals surface area contributed by atoms with Crippen LogP contribution < -0.4 is 20.1 Å². The van der Waals surface area contributed by atoms with Gasteiger partial charge in [-0.1, -0.05) is 51.3 Å². The molecule has 6 rings (SSSR count). The zero-order chi connectivity index (χ0) is 37.0. The van der Waals surface area contributed by atoms with Gasteiger partial charge in [0.15, 0.2) is 5.54 Å². The van der Waals surface area contributed by atoms with E-state index in [0.29, 0.717) is 5.88 Å². The largest absolute Gasteiger partial charge is 0.496 e. The first-order valence-electron chi connectivity index (χ1n) is 18.7. The Labute approximate surface area is 305 Å². The Balaban J connectivity index is 1.39. The average Bonchev–Trinajstić information content (AvgIpc) is 3.55. The van der Waals surface area contributed by atoms with Crippen molar-refractivity contribution in [3.05, 3.63) is 54.8 Å². The highest BCUT2D eigenvalue weighted by molar-refractivity contribution is 5.97. The van der Waals surface area contributed by atoms with E-state index in [-0.39, 0.29) is 43.4 Å². The van der Waals surface area contributed by atoms with Crippen LogP contribution in [0.25, 0.3) is 10.8 Å². The van der Waals surface area contributed by atoms with Crippen molar-refractivity contribution in [1.29, 1.82) is 0 Å². The zero-order valence-corrected chi connectivity index (χ0v) is 30.8. The Bertz CT molecular complexity index is 1720. The Kier molecular flexibility index (Phi) is 11.1. The molecule has 2 aliphatic carbocycles. The molecule has 1 aromatic carbocycles. The third-order valence-electron chi connectivity index (χ3n) is 11.1. The molecule has 0 unspecified atom stereocenters. The number of cyclic esters (lactones) is 1. The number of aryl methyl sites for hydroxylation is 1. The van der Waals surface area contributed by atoms with E-state index < -0.39 is 47.6 Å². The van der Waals surface area contributed by atoms with Gasteiger partial charge in [0, 0.05) is 23.9 Å². The maximum absolute atomic E-state index is 14.8. The Morgan fingerprint density at radius 3 is 2.65 bits per heavy atom. The monoisotopic (exact) mass is 716 g/mol. The maximum Gasteiger partial charge on any atom is 0.407 e. The first-order valence-corrected chi connectivity index (χ1v) is 18.7. The van der Waals surface area contributed by atoms with E-state index in [1.807, 2.05) is 18.2 Å². The van der Waals surface area contributed by atoms with E-state index >= 15 is 0 Å². The van der Waals surface area contributed by atoms with Gasteiger partial charge in [-0.3, -0.25) is 9.59 Å². The standard InChI is InChI=1S/C40H52N4O8/c1-6-28-15-18-40(28,37(47)50-7-2)43-34(45)31-22-29-23-44(31)36(46)33(25-12-9-8-10-13-25)42-38(48)51-24-39(3,4)17-11-14-27-20-30-26(21-32(27)49-5)16-19-41-35(30)52-29/h6,15-16,18-21,25,28-29,31,33H,1,7-14,17,22-24H2,2-5H3,(H,42,48)(H,43,45)/t28-,29-,31+,33+,40-/m1/s1. The number of hydrogen-bond donors (Lipinski definition) is 2. The summed E-state index contributed by atoms with van der Waals surface area (Å²) in [6.07, 6.45) is 12.3. The molecule has 280 valence electrons. The van der Waals surface area contributed by atoms with Crippen LogP contribution in [0.3, 0.4) is 0 Å². The average molecular weight is 717 g/mol. The van der Waals surface area contributed by atoms with Gasteiger partial charge in [-0.2, -0.15) is 0 Å². The lowest BCUT2D eigenvalue weighted by molar-refractivity contribution is -0.154. The lowest BCUT2D eigenvalue weighted by Crippen LogP contribution is -2.65. The number of benzene rings is 1. The van der Waals surface area contributed by atoms with E-state index in [4.69, 9.17) is 18.9 Å². The molecule has 1 aromatic heterocycles. The molecule has 1 saturated carbocycles. The molecular formula is C40H52N4O8. The number of alkyl carbamates (subject to hydrolysis) is 1. The summed E-state index contributed by atoms with van der Waals surface area (Å²) in [4.78, 5) is 61.9. The number of methoxy groups -OCH3 is 1. The fourth-order valence-electron chi connectivity index (χ4n) is 8.10. The number of carbonyl (C=O) groups is 4. The third kappa shape index (κ3) is 7.61. The summed E-state index contributed by atoms with van der Waals surface area (Å²) in [6, 6.07) is 4.00. The van der Waals surface area contributed by atoms with Crippen molar-refractivity contribution >= 4 is 34.6 Å². The van der Waals surface area contributed by atoms with Crippen LogP contribution in [-0.2, 0) is 30.3 Å². The molecule has 4 aliphatic rings.